The second-order valence-corrected chi connectivity index (χ2v) is 9.07. The first-order chi connectivity index (χ1) is 12.2. The average Bonchev–Trinajstić information content (AvgIpc) is 2.49. The number of fused-ring (bicyclic) bond motifs is 1. The van der Waals surface area contributed by atoms with Gasteiger partial charge in [0, 0.05) is 19.6 Å². The highest BCUT2D eigenvalue weighted by Crippen LogP contribution is 2.32. The summed E-state index contributed by atoms with van der Waals surface area (Å²) >= 11 is 0. The van der Waals surface area contributed by atoms with Gasteiger partial charge in [-0.2, -0.15) is 0 Å². The molecule has 1 aliphatic carbocycles. The minimum atomic E-state index is -0.670. The molecule has 26 heavy (non-hydrogen) atoms. The molecule has 4 heteroatoms. The molecule has 1 aliphatic heterocycles. The molecule has 142 valence electrons. The number of carboxylic acids is 1. The molecule has 1 heterocycles. The molecule has 0 aromatic heterocycles. The van der Waals surface area contributed by atoms with E-state index in [0.717, 1.165) is 31.7 Å². The fourth-order valence-electron chi connectivity index (χ4n) is 3.58. The summed E-state index contributed by atoms with van der Waals surface area (Å²) < 4.78 is 5.95. The molecule has 1 fully saturated rings. The maximum absolute atomic E-state index is 11.0. The number of benzene rings is 1. The van der Waals surface area contributed by atoms with Gasteiger partial charge in [-0.1, -0.05) is 45.4 Å². The Bertz CT molecular complexity index is 696. The molecule has 0 unspecified atom stereocenters. The highest BCUT2D eigenvalue weighted by molar-refractivity contribution is 5.71. The predicted octanol–water partition coefficient (Wildman–Crippen LogP) is 4.09. The van der Waals surface area contributed by atoms with Crippen LogP contribution >= 0.6 is 0 Å². The van der Waals surface area contributed by atoms with Crippen LogP contribution in [0.15, 0.2) is 23.8 Å². The van der Waals surface area contributed by atoms with E-state index < -0.39 is 5.97 Å². The van der Waals surface area contributed by atoms with E-state index in [1.54, 1.807) is 0 Å². The summed E-state index contributed by atoms with van der Waals surface area (Å²) in [6.45, 7) is 11.9. The molecule has 1 N–H and O–H groups in total. The summed E-state index contributed by atoms with van der Waals surface area (Å²) in [4.78, 5) is 13.2. The molecular weight excluding hydrogens is 326 g/mol. The lowest BCUT2D eigenvalue weighted by Gasteiger charge is -2.38. The van der Waals surface area contributed by atoms with Crippen molar-refractivity contribution in [1.82, 2.24) is 4.90 Å². The van der Waals surface area contributed by atoms with Crippen molar-refractivity contribution in [3.63, 3.8) is 0 Å². The van der Waals surface area contributed by atoms with Gasteiger partial charge in [0.2, 0.25) is 0 Å². The lowest BCUT2D eigenvalue weighted by Crippen LogP contribution is -2.51. The minimum Gasteiger partial charge on any atom is -0.494 e. The third-order valence-electron chi connectivity index (χ3n) is 5.45. The SMILES string of the molecule is C[C@@H]1Cc2cc(OCCC(C)(C)C)ccc2C=C1CN1CC(C(=O)O)C1. The summed E-state index contributed by atoms with van der Waals surface area (Å²) in [6.07, 6.45) is 4.35. The van der Waals surface area contributed by atoms with Crippen LogP contribution in [-0.2, 0) is 11.2 Å². The fraction of sp³-hybridized carbons (Fsp3) is 0.591. The normalized spacial score (nSPS) is 20.9. The summed E-state index contributed by atoms with van der Waals surface area (Å²) in [7, 11) is 0. The Morgan fingerprint density at radius 3 is 2.69 bits per heavy atom. The number of nitrogens with zero attached hydrogens (tertiary/aromatic N) is 1. The van der Waals surface area contributed by atoms with Crippen LogP contribution in [0.2, 0.25) is 0 Å². The largest absolute Gasteiger partial charge is 0.494 e. The first-order valence-corrected chi connectivity index (χ1v) is 9.62. The first kappa shape index (κ1) is 19.0. The Hall–Kier alpha value is -1.81. The Labute approximate surface area is 156 Å². The van der Waals surface area contributed by atoms with Crippen molar-refractivity contribution in [3.05, 3.63) is 34.9 Å². The van der Waals surface area contributed by atoms with E-state index in [1.807, 2.05) is 0 Å². The molecule has 0 saturated carbocycles. The molecule has 1 aromatic rings. The van der Waals surface area contributed by atoms with Gasteiger partial charge < -0.3 is 9.84 Å². The molecule has 1 saturated heterocycles. The highest BCUT2D eigenvalue weighted by Gasteiger charge is 2.33. The average molecular weight is 357 g/mol. The minimum absolute atomic E-state index is 0.186. The van der Waals surface area contributed by atoms with Gasteiger partial charge in [0.05, 0.1) is 12.5 Å². The van der Waals surface area contributed by atoms with Crippen molar-refractivity contribution in [2.75, 3.05) is 26.2 Å². The van der Waals surface area contributed by atoms with Crippen molar-refractivity contribution in [2.45, 2.75) is 40.5 Å². The maximum atomic E-state index is 11.0. The van der Waals surface area contributed by atoms with Crippen LogP contribution < -0.4 is 4.74 Å². The van der Waals surface area contributed by atoms with Gasteiger partial charge in [0.1, 0.15) is 5.75 Å². The molecule has 0 amide bonds. The van der Waals surface area contributed by atoms with E-state index in [9.17, 15) is 4.79 Å². The van der Waals surface area contributed by atoms with Crippen molar-refractivity contribution >= 4 is 12.0 Å². The second kappa shape index (κ2) is 7.43. The zero-order valence-corrected chi connectivity index (χ0v) is 16.4. The molecular formula is C22H31NO3. The first-order valence-electron chi connectivity index (χ1n) is 9.62. The van der Waals surface area contributed by atoms with Crippen LogP contribution in [0, 0.1) is 17.3 Å². The molecule has 3 rings (SSSR count). The molecule has 0 bridgehead atoms. The van der Waals surface area contributed by atoms with Crippen molar-refractivity contribution in [1.29, 1.82) is 0 Å². The van der Waals surface area contributed by atoms with Gasteiger partial charge in [-0.05, 0) is 47.4 Å². The van der Waals surface area contributed by atoms with Gasteiger partial charge in [0.15, 0.2) is 0 Å². The molecule has 2 aliphatic rings. The zero-order chi connectivity index (χ0) is 18.9. The molecule has 1 aromatic carbocycles. The Balaban J connectivity index is 1.61. The quantitative estimate of drug-likeness (QED) is 0.833. The van der Waals surface area contributed by atoms with Crippen LogP contribution in [0.25, 0.3) is 6.08 Å². The maximum Gasteiger partial charge on any atom is 0.309 e. The summed E-state index contributed by atoms with van der Waals surface area (Å²) in [5.74, 6) is 0.589. The second-order valence-electron chi connectivity index (χ2n) is 9.07. The van der Waals surface area contributed by atoms with E-state index in [4.69, 9.17) is 9.84 Å². The van der Waals surface area contributed by atoms with E-state index in [-0.39, 0.29) is 11.3 Å². The van der Waals surface area contributed by atoms with E-state index in [2.05, 4.69) is 56.9 Å². The van der Waals surface area contributed by atoms with Crippen molar-refractivity contribution in [2.24, 2.45) is 17.3 Å². The lowest BCUT2D eigenvalue weighted by atomic mass is 9.83. The molecule has 1 atom stereocenters. The van der Waals surface area contributed by atoms with Crippen molar-refractivity contribution in [3.8, 4) is 5.75 Å². The zero-order valence-electron chi connectivity index (χ0n) is 16.4. The van der Waals surface area contributed by atoms with Crippen LogP contribution in [0.5, 0.6) is 5.75 Å². The third-order valence-corrected chi connectivity index (χ3v) is 5.45. The monoisotopic (exact) mass is 357 g/mol. The van der Waals surface area contributed by atoms with Crippen LogP contribution in [0.1, 0.15) is 45.2 Å². The number of hydrogen-bond acceptors (Lipinski definition) is 3. The number of carboxylic acid groups (broad SMARTS) is 1. The number of carbonyl (C=O) groups is 1. The smallest absolute Gasteiger partial charge is 0.309 e. The van der Waals surface area contributed by atoms with Gasteiger partial charge in [0.25, 0.3) is 0 Å². The highest BCUT2D eigenvalue weighted by atomic mass is 16.5. The van der Waals surface area contributed by atoms with E-state index >= 15 is 0 Å². The predicted molar refractivity (Wildman–Crippen MR) is 104 cm³/mol. The lowest BCUT2D eigenvalue weighted by molar-refractivity contribution is -0.147. The topological polar surface area (TPSA) is 49.8 Å². The summed E-state index contributed by atoms with van der Waals surface area (Å²) in [5.41, 5.74) is 4.32. The number of ether oxygens (including phenoxy) is 1. The summed E-state index contributed by atoms with van der Waals surface area (Å²) in [6, 6.07) is 6.41. The van der Waals surface area contributed by atoms with Crippen molar-refractivity contribution < 1.29 is 14.6 Å². The molecule has 0 spiro atoms. The van der Waals surface area contributed by atoms with Gasteiger partial charge >= 0.3 is 5.97 Å². The van der Waals surface area contributed by atoms with Crippen LogP contribution in [0.4, 0.5) is 0 Å². The Kier molecular flexibility index (Phi) is 5.42. The molecule has 0 radical (unpaired) electrons. The third kappa shape index (κ3) is 4.67. The van der Waals surface area contributed by atoms with Gasteiger partial charge in [-0.3, -0.25) is 9.69 Å². The standard InChI is InChI=1S/C22H31NO3/c1-15-9-17-11-20(26-8-7-22(2,3)4)6-5-16(17)10-18(15)12-23-13-19(14-23)21(24)25/h5-6,10-11,15,19H,7-9,12-14H2,1-4H3,(H,24,25)/t15-/m1/s1. The molecule has 4 nitrogen and oxygen atoms in total. The summed E-state index contributed by atoms with van der Waals surface area (Å²) in [5, 5.41) is 9.02. The van der Waals surface area contributed by atoms with Crippen LogP contribution in [-0.4, -0.2) is 42.2 Å². The Morgan fingerprint density at radius 1 is 1.31 bits per heavy atom. The fourth-order valence-corrected chi connectivity index (χ4v) is 3.58. The van der Waals surface area contributed by atoms with Gasteiger partial charge in [-0.25, -0.2) is 0 Å². The van der Waals surface area contributed by atoms with Gasteiger partial charge in [-0.15, -0.1) is 0 Å². The number of likely N-dealkylation sites (tertiary alicyclic amines) is 1. The number of hydrogen-bond donors (Lipinski definition) is 1. The van der Waals surface area contributed by atoms with Crippen LogP contribution in [0.3, 0.4) is 0 Å². The Morgan fingerprint density at radius 2 is 2.04 bits per heavy atom. The number of rotatable bonds is 6. The number of aliphatic carboxylic acids is 1. The van der Waals surface area contributed by atoms with E-state index in [1.165, 1.54) is 16.7 Å². The van der Waals surface area contributed by atoms with E-state index in [0.29, 0.717) is 19.0 Å².